The summed E-state index contributed by atoms with van der Waals surface area (Å²) in [6.45, 7) is 3.68. The number of hydrogen-bond donors (Lipinski definition) is 1. The van der Waals surface area contributed by atoms with Crippen molar-refractivity contribution in [1.82, 2.24) is 14.5 Å². The van der Waals surface area contributed by atoms with Gasteiger partial charge in [0.25, 0.3) is 5.56 Å². The molecule has 132 valence electrons. The zero-order valence-corrected chi connectivity index (χ0v) is 14.9. The van der Waals surface area contributed by atoms with Crippen molar-refractivity contribution in [2.75, 3.05) is 18.0 Å². The Hall–Kier alpha value is -2.82. The predicted octanol–water partition coefficient (Wildman–Crippen LogP) is 3.66. The molecule has 5 heteroatoms. The predicted molar refractivity (Wildman–Crippen MR) is 105 cm³/mol. The van der Waals surface area contributed by atoms with E-state index >= 15 is 0 Å². The van der Waals surface area contributed by atoms with Crippen molar-refractivity contribution in [3.63, 3.8) is 0 Å². The summed E-state index contributed by atoms with van der Waals surface area (Å²) < 4.78 is 1.85. The highest BCUT2D eigenvalue weighted by molar-refractivity contribution is 5.94. The van der Waals surface area contributed by atoms with Crippen LogP contribution < -0.4 is 10.5 Å². The molecular formula is C21H22N4O. The molecule has 3 heterocycles. The van der Waals surface area contributed by atoms with Gasteiger partial charge in [-0.15, -0.1) is 0 Å². The van der Waals surface area contributed by atoms with Gasteiger partial charge < -0.3 is 14.5 Å². The number of aromatic nitrogens is 3. The molecule has 3 aromatic rings. The number of fused-ring (bicyclic) bond motifs is 1. The monoisotopic (exact) mass is 346 g/mol. The summed E-state index contributed by atoms with van der Waals surface area (Å²) in [6.07, 6.45) is 8.96. The Labute approximate surface area is 152 Å². The molecular weight excluding hydrogens is 324 g/mol. The van der Waals surface area contributed by atoms with Crippen LogP contribution in [0.5, 0.6) is 0 Å². The number of para-hydroxylation sites is 1. The summed E-state index contributed by atoms with van der Waals surface area (Å²) in [6, 6.07) is 8.83. The number of nitrogens with one attached hydrogen (secondary N) is 1. The Morgan fingerprint density at radius 3 is 2.85 bits per heavy atom. The Bertz CT molecular complexity index is 1070. The smallest absolute Gasteiger partial charge is 0.293 e. The van der Waals surface area contributed by atoms with Crippen molar-refractivity contribution < 1.29 is 0 Å². The number of rotatable bonds is 3. The van der Waals surface area contributed by atoms with E-state index in [9.17, 15) is 4.79 Å². The van der Waals surface area contributed by atoms with E-state index in [-0.39, 0.29) is 5.56 Å². The van der Waals surface area contributed by atoms with Crippen LogP contribution in [0.1, 0.15) is 36.6 Å². The lowest BCUT2D eigenvalue weighted by Gasteiger charge is -2.27. The fourth-order valence-electron chi connectivity index (χ4n) is 4.05. The fraction of sp³-hybridized carbons (Fsp3) is 0.333. The minimum absolute atomic E-state index is 0.0510. The molecule has 0 saturated heterocycles. The molecule has 5 rings (SSSR count). The van der Waals surface area contributed by atoms with Crippen molar-refractivity contribution in [2.45, 2.75) is 32.2 Å². The number of aryl methyl sites for hydroxylation is 1. The van der Waals surface area contributed by atoms with Gasteiger partial charge in [0.15, 0.2) is 5.82 Å². The second kappa shape index (κ2) is 5.87. The topological polar surface area (TPSA) is 53.9 Å². The first-order valence-electron chi connectivity index (χ1n) is 9.31. The normalized spacial score (nSPS) is 17.6. The maximum atomic E-state index is 12.7. The van der Waals surface area contributed by atoms with E-state index in [2.05, 4.69) is 52.1 Å². The molecule has 0 amide bonds. The number of benzene rings is 1. The fourth-order valence-corrected chi connectivity index (χ4v) is 4.05. The van der Waals surface area contributed by atoms with E-state index in [1.54, 1.807) is 6.20 Å². The molecule has 0 bridgehead atoms. The van der Waals surface area contributed by atoms with E-state index in [4.69, 9.17) is 0 Å². The largest absolute Gasteiger partial charge is 0.358 e. The molecule has 0 spiro atoms. The molecule has 1 aliphatic heterocycles. The van der Waals surface area contributed by atoms with Gasteiger partial charge in [0.05, 0.1) is 0 Å². The molecule has 1 saturated carbocycles. The molecule has 1 aromatic carbocycles. The van der Waals surface area contributed by atoms with E-state index in [1.807, 2.05) is 10.8 Å². The third-order valence-corrected chi connectivity index (χ3v) is 5.51. The van der Waals surface area contributed by atoms with Crippen molar-refractivity contribution in [3.8, 4) is 0 Å². The van der Waals surface area contributed by atoms with Crippen LogP contribution in [0.15, 0.2) is 47.5 Å². The lowest BCUT2D eigenvalue weighted by Crippen LogP contribution is -2.36. The van der Waals surface area contributed by atoms with Gasteiger partial charge >= 0.3 is 0 Å². The second-order valence-corrected chi connectivity index (χ2v) is 7.29. The molecule has 1 aliphatic carbocycles. The van der Waals surface area contributed by atoms with Gasteiger partial charge in [-0.1, -0.05) is 24.3 Å². The van der Waals surface area contributed by atoms with E-state index in [1.165, 1.54) is 27.7 Å². The first-order valence-corrected chi connectivity index (χ1v) is 9.31. The van der Waals surface area contributed by atoms with Crippen LogP contribution in [-0.4, -0.2) is 27.6 Å². The summed E-state index contributed by atoms with van der Waals surface area (Å²) in [5, 5.41) is 1.28. The second-order valence-electron chi connectivity index (χ2n) is 7.29. The summed E-state index contributed by atoms with van der Waals surface area (Å²) in [5.41, 5.74) is 5.11. The number of aromatic amines is 1. The highest BCUT2D eigenvalue weighted by Gasteiger charge is 2.27. The van der Waals surface area contributed by atoms with Gasteiger partial charge in [0.2, 0.25) is 0 Å². The lowest BCUT2D eigenvalue weighted by molar-refractivity contribution is 0.685. The third-order valence-electron chi connectivity index (χ3n) is 5.51. The average Bonchev–Trinajstić information content (AvgIpc) is 3.44. The maximum Gasteiger partial charge on any atom is 0.293 e. The molecule has 0 radical (unpaired) electrons. The number of nitrogens with zero attached hydrogens (tertiary/aromatic N) is 3. The van der Waals surface area contributed by atoms with Crippen LogP contribution in [0.25, 0.3) is 16.5 Å². The molecule has 2 aromatic heterocycles. The molecule has 2 aliphatic rings. The minimum Gasteiger partial charge on any atom is -0.358 e. The zero-order valence-electron chi connectivity index (χ0n) is 14.9. The van der Waals surface area contributed by atoms with Gasteiger partial charge in [-0.3, -0.25) is 4.79 Å². The van der Waals surface area contributed by atoms with Crippen molar-refractivity contribution in [1.29, 1.82) is 0 Å². The Kier molecular flexibility index (Phi) is 3.48. The summed E-state index contributed by atoms with van der Waals surface area (Å²) in [5.74, 6) is 0.588. The van der Waals surface area contributed by atoms with Gasteiger partial charge in [-0.05, 0) is 37.8 Å². The number of anilines is 1. The zero-order chi connectivity index (χ0) is 17.7. The number of hydrogen-bond acceptors (Lipinski definition) is 3. The highest BCUT2D eigenvalue weighted by Crippen LogP contribution is 2.34. The summed E-state index contributed by atoms with van der Waals surface area (Å²) in [7, 11) is 0. The molecule has 0 atom stereocenters. The Morgan fingerprint density at radius 2 is 2.08 bits per heavy atom. The van der Waals surface area contributed by atoms with Crippen molar-refractivity contribution >= 4 is 22.3 Å². The van der Waals surface area contributed by atoms with E-state index in [0.717, 1.165) is 32.4 Å². The third kappa shape index (κ3) is 2.46. The summed E-state index contributed by atoms with van der Waals surface area (Å²) >= 11 is 0. The summed E-state index contributed by atoms with van der Waals surface area (Å²) in [4.78, 5) is 22.7. The number of H-pyrrole nitrogens is 1. The lowest BCUT2D eigenvalue weighted by atomic mass is 9.97. The SMILES string of the molecule is Cc1[nH]c2ccccc2c1C1=CCN(c2nccn(C3CC3)c2=O)CC1. The van der Waals surface area contributed by atoms with Crippen molar-refractivity contribution in [2.24, 2.45) is 0 Å². The van der Waals surface area contributed by atoms with E-state index < -0.39 is 0 Å². The van der Waals surface area contributed by atoms with E-state index in [0.29, 0.717) is 11.9 Å². The molecule has 1 N–H and O–H groups in total. The van der Waals surface area contributed by atoms with Crippen LogP contribution in [0, 0.1) is 6.92 Å². The van der Waals surface area contributed by atoms with Crippen LogP contribution in [0.4, 0.5) is 5.82 Å². The molecule has 0 unspecified atom stereocenters. The average molecular weight is 346 g/mol. The quantitative estimate of drug-likeness (QED) is 0.787. The van der Waals surface area contributed by atoms with Gasteiger partial charge in [0, 0.05) is 53.7 Å². The van der Waals surface area contributed by atoms with Gasteiger partial charge in [0.1, 0.15) is 0 Å². The molecule has 26 heavy (non-hydrogen) atoms. The van der Waals surface area contributed by atoms with Crippen LogP contribution in [-0.2, 0) is 0 Å². The standard InChI is InChI=1S/C21H22N4O/c1-14-19(17-4-2-3-5-18(17)23-14)15-8-11-24(12-9-15)20-21(26)25(13-10-22-20)16-6-7-16/h2-5,8,10,13,16,23H,6-7,9,11-12H2,1H3. The van der Waals surface area contributed by atoms with Crippen molar-refractivity contribution in [3.05, 3.63) is 64.3 Å². The van der Waals surface area contributed by atoms with Crippen LogP contribution >= 0.6 is 0 Å². The maximum absolute atomic E-state index is 12.7. The van der Waals surface area contributed by atoms with Crippen LogP contribution in [0.3, 0.4) is 0 Å². The van der Waals surface area contributed by atoms with Gasteiger partial charge in [-0.2, -0.15) is 0 Å². The Morgan fingerprint density at radius 1 is 1.23 bits per heavy atom. The Balaban J connectivity index is 1.47. The molecule has 5 nitrogen and oxygen atoms in total. The van der Waals surface area contributed by atoms with Crippen LogP contribution in [0.2, 0.25) is 0 Å². The first kappa shape index (κ1) is 15.4. The van der Waals surface area contributed by atoms with Gasteiger partial charge in [-0.25, -0.2) is 4.98 Å². The first-order chi connectivity index (χ1) is 12.7. The minimum atomic E-state index is 0.0510. The highest BCUT2D eigenvalue weighted by atomic mass is 16.1. The molecule has 1 fully saturated rings.